The van der Waals surface area contributed by atoms with Crippen molar-refractivity contribution in [3.63, 3.8) is 0 Å². The molecule has 3 aromatic carbocycles. The van der Waals surface area contributed by atoms with Gasteiger partial charge < -0.3 is 18.9 Å². The molecule has 1 aliphatic rings. The molecule has 0 bridgehead atoms. The van der Waals surface area contributed by atoms with Gasteiger partial charge in [-0.2, -0.15) is 5.10 Å². The van der Waals surface area contributed by atoms with Gasteiger partial charge in [0, 0.05) is 6.20 Å². The molecule has 0 saturated carbocycles. The first-order valence-corrected chi connectivity index (χ1v) is 14.6. The molecule has 13 heteroatoms. The zero-order valence-electron chi connectivity index (χ0n) is 24.6. The average Bonchev–Trinajstić information content (AvgIpc) is 3.88. The van der Waals surface area contributed by atoms with E-state index in [1.165, 1.54) is 12.7 Å². The second-order valence-corrected chi connectivity index (χ2v) is 10.5. The number of esters is 3. The Morgan fingerprint density at radius 1 is 0.723 bits per heavy atom. The SMILES string of the molecule is O=C(OC[C@H]1O[C@@H](n2cnc3c(-c4ccn[nH]4)ncnc32)[C@H](OC(=O)c2ccccc2)[C@@H]1OC(=O)c1ccccc1)c1ccccc1. The normalized spacial score (nSPS) is 18.9. The molecule has 4 atom stereocenters. The molecule has 0 aliphatic carbocycles. The topological polar surface area (TPSA) is 160 Å². The molecule has 0 radical (unpaired) electrons. The summed E-state index contributed by atoms with van der Waals surface area (Å²) in [5, 5.41) is 6.87. The van der Waals surface area contributed by atoms with Crippen LogP contribution in [0.25, 0.3) is 22.6 Å². The minimum absolute atomic E-state index is 0.272. The van der Waals surface area contributed by atoms with Crippen LogP contribution in [0.15, 0.2) is 116 Å². The second-order valence-electron chi connectivity index (χ2n) is 10.5. The first-order valence-electron chi connectivity index (χ1n) is 14.6. The fourth-order valence-electron chi connectivity index (χ4n) is 5.30. The van der Waals surface area contributed by atoms with Gasteiger partial charge in [-0.15, -0.1) is 0 Å². The highest BCUT2D eigenvalue weighted by Gasteiger charge is 2.52. The van der Waals surface area contributed by atoms with E-state index in [4.69, 9.17) is 18.9 Å². The lowest BCUT2D eigenvalue weighted by Gasteiger charge is -2.25. The summed E-state index contributed by atoms with van der Waals surface area (Å²) in [6.07, 6.45) is -0.169. The van der Waals surface area contributed by atoms with Crippen molar-refractivity contribution in [1.82, 2.24) is 29.7 Å². The summed E-state index contributed by atoms with van der Waals surface area (Å²) in [6.45, 7) is -0.322. The van der Waals surface area contributed by atoms with Gasteiger partial charge >= 0.3 is 17.9 Å². The van der Waals surface area contributed by atoms with E-state index in [2.05, 4.69) is 25.1 Å². The zero-order valence-corrected chi connectivity index (χ0v) is 24.6. The van der Waals surface area contributed by atoms with Crippen molar-refractivity contribution < 1.29 is 33.3 Å². The predicted molar refractivity (Wildman–Crippen MR) is 165 cm³/mol. The van der Waals surface area contributed by atoms with Gasteiger partial charge in [-0.3, -0.25) is 9.67 Å². The Morgan fingerprint density at radius 3 is 1.91 bits per heavy atom. The Bertz CT molecular complexity index is 2000. The zero-order chi connectivity index (χ0) is 32.2. The summed E-state index contributed by atoms with van der Waals surface area (Å²) in [5.41, 5.74) is 2.75. The van der Waals surface area contributed by atoms with E-state index in [0.29, 0.717) is 28.1 Å². The molecule has 0 unspecified atom stereocenters. The molecule has 1 saturated heterocycles. The number of H-pyrrole nitrogens is 1. The number of aromatic nitrogens is 6. The molecular formula is C34H26N6O7. The Labute approximate surface area is 267 Å². The van der Waals surface area contributed by atoms with Crippen LogP contribution in [0.3, 0.4) is 0 Å². The largest absolute Gasteiger partial charge is 0.459 e. The lowest BCUT2D eigenvalue weighted by atomic mass is 10.1. The van der Waals surface area contributed by atoms with Crippen molar-refractivity contribution in [3.05, 3.63) is 133 Å². The molecule has 1 N–H and O–H groups in total. The van der Waals surface area contributed by atoms with Crippen LogP contribution in [0, 0.1) is 0 Å². The van der Waals surface area contributed by atoms with Crippen LogP contribution in [-0.2, 0) is 18.9 Å². The van der Waals surface area contributed by atoms with Gasteiger partial charge in [-0.25, -0.2) is 29.3 Å². The van der Waals surface area contributed by atoms with Crippen LogP contribution >= 0.6 is 0 Å². The number of hydrogen-bond donors (Lipinski definition) is 1. The third kappa shape index (κ3) is 6.07. The summed E-state index contributed by atoms with van der Waals surface area (Å²) in [5.74, 6) is -1.96. The van der Waals surface area contributed by atoms with Crippen molar-refractivity contribution in [2.45, 2.75) is 24.5 Å². The Morgan fingerprint density at radius 2 is 1.32 bits per heavy atom. The number of carbonyl (C=O) groups is 3. The van der Waals surface area contributed by atoms with Gasteiger partial charge in [-0.1, -0.05) is 54.6 Å². The maximum absolute atomic E-state index is 13.5. The number of nitrogens with zero attached hydrogens (tertiary/aromatic N) is 5. The monoisotopic (exact) mass is 630 g/mol. The molecule has 3 aromatic heterocycles. The summed E-state index contributed by atoms with van der Waals surface area (Å²) in [4.78, 5) is 53.2. The van der Waals surface area contributed by atoms with Crippen LogP contribution < -0.4 is 0 Å². The maximum atomic E-state index is 13.5. The number of rotatable bonds is 9. The summed E-state index contributed by atoms with van der Waals surface area (Å²) in [7, 11) is 0. The van der Waals surface area contributed by atoms with Crippen molar-refractivity contribution >= 4 is 29.1 Å². The van der Waals surface area contributed by atoms with Crippen LogP contribution in [-0.4, -0.2) is 72.5 Å². The molecule has 6 aromatic rings. The van der Waals surface area contributed by atoms with Crippen LogP contribution in [0.5, 0.6) is 0 Å². The van der Waals surface area contributed by atoms with Crippen LogP contribution in [0.1, 0.15) is 37.3 Å². The molecule has 7 rings (SSSR count). The van der Waals surface area contributed by atoms with E-state index in [1.807, 2.05) is 0 Å². The minimum atomic E-state index is -1.22. The van der Waals surface area contributed by atoms with E-state index in [1.54, 1.807) is 108 Å². The number of fused-ring (bicyclic) bond motifs is 1. The van der Waals surface area contributed by atoms with Crippen LogP contribution in [0.2, 0.25) is 0 Å². The number of imidazole rings is 1. The number of aromatic amines is 1. The Hall–Kier alpha value is -6.21. The van der Waals surface area contributed by atoms with Crippen molar-refractivity contribution in [1.29, 1.82) is 0 Å². The molecule has 1 aliphatic heterocycles. The van der Waals surface area contributed by atoms with E-state index in [0.717, 1.165) is 0 Å². The fourth-order valence-corrected chi connectivity index (χ4v) is 5.30. The number of ether oxygens (including phenoxy) is 4. The van der Waals surface area contributed by atoms with E-state index >= 15 is 0 Å². The predicted octanol–water partition coefficient (Wildman–Crippen LogP) is 4.42. The van der Waals surface area contributed by atoms with Gasteiger partial charge in [0.05, 0.1) is 28.7 Å². The molecule has 4 heterocycles. The molecular weight excluding hydrogens is 604 g/mol. The number of nitrogens with one attached hydrogen (secondary N) is 1. The number of hydrogen-bond acceptors (Lipinski definition) is 11. The summed E-state index contributed by atoms with van der Waals surface area (Å²) < 4.78 is 25.7. The molecule has 0 amide bonds. The van der Waals surface area contributed by atoms with E-state index < -0.39 is 42.4 Å². The lowest BCUT2D eigenvalue weighted by molar-refractivity contribution is -0.0606. The van der Waals surface area contributed by atoms with Crippen LogP contribution in [0.4, 0.5) is 0 Å². The third-order valence-corrected chi connectivity index (χ3v) is 7.57. The highest BCUT2D eigenvalue weighted by molar-refractivity contribution is 5.91. The smallest absolute Gasteiger partial charge is 0.338 e. The van der Waals surface area contributed by atoms with Gasteiger partial charge in [0.1, 0.15) is 30.2 Å². The standard InChI is InChI=1S/C34H26N6O7/c41-32(21-10-4-1-5-11-21)44-18-25-28(46-33(42)22-12-6-2-7-13-22)29(47-34(43)23-14-8-3-9-15-23)31(45-25)40-20-37-27-26(24-16-17-38-39-24)35-19-36-30(27)40/h1-17,19-20,25,28-29,31H,18H2,(H,38,39)/t25-,28-,29-,31-/m1/s1. The Balaban J connectivity index is 1.27. The number of benzene rings is 3. The third-order valence-electron chi connectivity index (χ3n) is 7.57. The molecule has 1 fully saturated rings. The molecule has 47 heavy (non-hydrogen) atoms. The molecule has 13 nitrogen and oxygen atoms in total. The second kappa shape index (κ2) is 13.0. The van der Waals surface area contributed by atoms with Gasteiger partial charge in [0.2, 0.25) is 0 Å². The first-order chi connectivity index (χ1) is 23.1. The average molecular weight is 631 g/mol. The molecule has 234 valence electrons. The fraction of sp³-hybridized carbons (Fsp3) is 0.147. The van der Waals surface area contributed by atoms with Gasteiger partial charge in [0.25, 0.3) is 0 Å². The van der Waals surface area contributed by atoms with Gasteiger partial charge in [-0.05, 0) is 42.5 Å². The quantitative estimate of drug-likeness (QED) is 0.178. The van der Waals surface area contributed by atoms with Crippen molar-refractivity contribution in [3.8, 4) is 11.4 Å². The van der Waals surface area contributed by atoms with Gasteiger partial charge in [0.15, 0.2) is 24.1 Å². The highest BCUT2D eigenvalue weighted by Crippen LogP contribution is 2.37. The minimum Gasteiger partial charge on any atom is -0.459 e. The van der Waals surface area contributed by atoms with Crippen molar-refractivity contribution in [2.75, 3.05) is 6.61 Å². The first kappa shape index (κ1) is 29.5. The van der Waals surface area contributed by atoms with E-state index in [-0.39, 0.29) is 17.7 Å². The van der Waals surface area contributed by atoms with E-state index in [9.17, 15) is 14.4 Å². The maximum Gasteiger partial charge on any atom is 0.338 e. The Kier molecular flexibility index (Phi) is 8.18. The summed E-state index contributed by atoms with van der Waals surface area (Å²) >= 11 is 0. The highest BCUT2D eigenvalue weighted by atomic mass is 16.7. The molecule has 0 spiro atoms. The summed E-state index contributed by atoms with van der Waals surface area (Å²) in [6, 6.07) is 26.9. The number of carbonyl (C=O) groups excluding carboxylic acids is 3. The van der Waals surface area contributed by atoms with Crippen molar-refractivity contribution in [2.24, 2.45) is 0 Å². The lowest BCUT2D eigenvalue weighted by Crippen LogP contribution is -2.41.